The van der Waals surface area contributed by atoms with Gasteiger partial charge in [0.05, 0.1) is 6.04 Å². The van der Waals surface area contributed by atoms with Crippen molar-refractivity contribution in [2.45, 2.75) is 64.6 Å². The average Bonchev–Trinajstić information content (AvgIpc) is 2.84. The van der Waals surface area contributed by atoms with Crippen LogP contribution in [0.1, 0.15) is 57.7 Å². The molecule has 2 unspecified atom stereocenters. The molecule has 2 N–H and O–H groups in total. The summed E-state index contributed by atoms with van der Waals surface area (Å²) in [5.74, 6) is 2.78. The highest BCUT2D eigenvalue weighted by Gasteiger charge is 2.24. The van der Waals surface area contributed by atoms with Crippen LogP contribution >= 0.6 is 0 Å². The Labute approximate surface area is 139 Å². The number of carbonyl (C=O) groups excluding carboxylic acids is 1. The number of amides is 1. The second-order valence-corrected chi connectivity index (χ2v) is 6.93. The third kappa shape index (κ3) is 4.74. The van der Waals surface area contributed by atoms with E-state index in [0.29, 0.717) is 6.04 Å². The van der Waals surface area contributed by atoms with Gasteiger partial charge in [0, 0.05) is 11.7 Å². The van der Waals surface area contributed by atoms with Gasteiger partial charge in [-0.15, -0.1) is 6.42 Å². The maximum Gasteiger partial charge on any atom is 0.412 e. The summed E-state index contributed by atoms with van der Waals surface area (Å²) in [6.07, 6.45) is 8.04. The van der Waals surface area contributed by atoms with Crippen molar-refractivity contribution in [3.05, 3.63) is 29.3 Å². The summed E-state index contributed by atoms with van der Waals surface area (Å²) in [6, 6.07) is 6.40. The molecule has 23 heavy (non-hydrogen) atoms. The van der Waals surface area contributed by atoms with Crippen LogP contribution in [-0.4, -0.2) is 17.7 Å². The smallest absolute Gasteiger partial charge is 0.412 e. The molecule has 1 aliphatic carbocycles. The largest absolute Gasteiger partial charge is 0.444 e. The summed E-state index contributed by atoms with van der Waals surface area (Å²) in [5, 5.41) is 6.31. The van der Waals surface area contributed by atoms with Crippen molar-refractivity contribution in [1.82, 2.24) is 5.32 Å². The number of hydrogen-bond acceptors (Lipinski definition) is 3. The molecule has 124 valence electrons. The zero-order valence-corrected chi connectivity index (χ0v) is 14.4. The molecular formula is C19H26N2O2. The van der Waals surface area contributed by atoms with Crippen LogP contribution in [0.2, 0.25) is 0 Å². The molecule has 0 fully saturated rings. The molecule has 2 atom stereocenters. The summed E-state index contributed by atoms with van der Waals surface area (Å²) in [5.41, 5.74) is 2.79. The Hall–Kier alpha value is -1.99. The van der Waals surface area contributed by atoms with Gasteiger partial charge < -0.3 is 4.74 Å². The fraction of sp³-hybridized carbons (Fsp3) is 0.526. The van der Waals surface area contributed by atoms with Crippen molar-refractivity contribution < 1.29 is 9.53 Å². The number of terminal acetylenes is 1. The van der Waals surface area contributed by atoms with Gasteiger partial charge in [-0.25, -0.2) is 4.79 Å². The summed E-state index contributed by atoms with van der Waals surface area (Å²) >= 11 is 0. The highest BCUT2D eigenvalue weighted by molar-refractivity contribution is 5.85. The van der Waals surface area contributed by atoms with Gasteiger partial charge in [-0.2, -0.15) is 0 Å². The van der Waals surface area contributed by atoms with E-state index in [1.54, 1.807) is 0 Å². The van der Waals surface area contributed by atoms with Crippen molar-refractivity contribution in [1.29, 1.82) is 0 Å². The number of ether oxygens (including phenoxy) is 1. The Morgan fingerprint density at radius 2 is 2.22 bits per heavy atom. The topological polar surface area (TPSA) is 50.4 Å². The number of anilines is 1. The molecule has 0 aromatic heterocycles. The van der Waals surface area contributed by atoms with Gasteiger partial charge in [0.15, 0.2) is 0 Å². The Bertz CT molecular complexity index is 611. The van der Waals surface area contributed by atoms with Gasteiger partial charge in [0.1, 0.15) is 5.60 Å². The number of aryl methyl sites for hydroxylation is 1. The molecule has 0 saturated carbocycles. The maximum atomic E-state index is 11.8. The number of benzene rings is 1. The van der Waals surface area contributed by atoms with E-state index in [-0.39, 0.29) is 6.04 Å². The summed E-state index contributed by atoms with van der Waals surface area (Å²) in [7, 11) is 0. The minimum absolute atomic E-state index is 0.102. The molecule has 1 aliphatic rings. The molecule has 1 aromatic rings. The third-order valence-corrected chi connectivity index (χ3v) is 3.88. The molecule has 1 amide bonds. The molecule has 4 nitrogen and oxygen atoms in total. The van der Waals surface area contributed by atoms with Crippen molar-refractivity contribution >= 4 is 11.8 Å². The molecule has 4 heteroatoms. The first-order valence-electron chi connectivity index (χ1n) is 8.17. The van der Waals surface area contributed by atoms with Gasteiger partial charge in [-0.05, 0) is 63.3 Å². The molecule has 1 aromatic carbocycles. The van der Waals surface area contributed by atoms with E-state index in [2.05, 4.69) is 29.5 Å². The third-order valence-electron chi connectivity index (χ3n) is 3.88. The minimum atomic E-state index is -0.500. The molecule has 0 radical (unpaired) electrons. The molecular weight excluding hydrogens is 288 g/mol. The van der Waals surface area contributed by atoms with Crippen LogP contribution in [0.15, 0.2) is 18.2 Å². The normalized spacial score (nSPS) is 18.0. The first-order chi connectivity index (χ1) is 10.8. The van der Waals surface area contributed by atoms with Crippen molar-refractivity contribution in [3.8, 4) is 12.3 Å². The van der Waals surface area contributed by atoms with Crippen LogP contribution in [-0.2, 0) is 11.2 Å². The predicted octanol–water partition coefficient (Wildman–Crippen LogP) is 4.02. The van der Waals surface area contributed by atoms with E-state index in [1.165, 1.54) is 11.1 Å². The molecule has 0 aliphatic heterocycles. The maximum absolute atomic E-state index is 11.8. The number of rotatable bonds is 4. The quantitative estimate of drug-likeness (QED) is 0.825. The fourth-order valence-corrected chi connectivity index (χ4v) is 2.82. The standard InChI is InChI=1S/C19H26N2O2/c1-6-14(7-2)20-17-11-8-13-12-15(9-10-16(13)17)21-18(22)23-19(3,4)5/h1,9-10,12,14,17,20H,7-8,11H2,2-5H3,(H,21,22). The summed E-state index contributed by atoms with van der Waals surface area (Å²) in [6.45, 7) is 7.63. The molecule has 0 saturated heterocycles. The van der Waals surface area contributed by atoms with E-state index >= 15 is 0 Å². The highest BCUT2D eigenvalue weighted by Crippen LogP contribution is 2.33. The van der Waals surface area contributed by atoms with Crippen LogP contribution in [0.25, 0.3) is 0 Å². The minimum Gasteiger partial charge on any atom is -0.444 e. The molecule has 0 spiro atoms. The number of carbonyl (C=O) groups is 1. The van der Waals surface area contributed by atoms with E-state index in [1.807, 2.05) is 32.9 Å². The Morgan fingerprint density at radius 3 is 2.83 bits per heavy atom. The SMILES string of the molecule is C#CC(CC)NC1CCc2cc(NC(=O)OC(C)(C)C)ccc21. The zero-order chi connectivity index (χ0) is 17.0. The summed E-state index contributed by atoms with van der Waals surface area (Å²) < 4.78 is 5.28. The Balaban J connectivity index is 2.04. The number of fused-ring (bicyclic) bond motifs is 1. The fourth-order valence-electron chi connectivity index (χ4n) is 2.82. The highest BCUT2D eigenvalue weighted by atomic mass is 16.6. The van der Waals surface area contributed by atoms with Gasteiger partial charge >= 0.3 is 6.09 Å². The lowest BCUT2D eigenvalue weighted by Crippen LogP contribution is -2.30. The van der Waals surface area contributed by atoms with Crippen LogP contribution in [0.4, 0.5) is 10.5 Å². The van der Waals surface area contributed by atoms with E-state index in [0.717, 1.165) is 24.9 Å². The Kier molecular flexibility index (Phi) is 5.33. The van der Waals surface area contributed by atoms with Crippen molar-refractivity contribution in [3.63, 3.8) is 0 Å². The van der Waals surface area contributed by atoms with E-state index < -0.39 is 11.7 Å². The first kappa shape index (κ1) is 17.4. The molecule has 2 rings (SSSR count). The second-order valence-electron chi connectivity index (χ2n) is 6.93. The Morgan fingerprint density at radius 1 is 1.48 bits per heavy atom. The second kappa shape index (κ2) is 7.06. The van der Waals surface area contributed by atoms with Crippen molar-refractivity contribution in [2.24, 2.45) is 0 Å². The zero-order valence-electron chi connectivity index (χ0n) is 14.4. The lowest BCUT2D eigenvalue weighted by molar-refractivity contribution is 0.0636. The number of hydrogen-bond donors (Lipinski definition) is 2. The van der Waals surface area contributed by atoms with Gasteiger partial charge in [0.2, 0.25) is 0 Å². The van der Waals surface area contributed by atoms with Gasteiger partial charge in [-0.1, -0.05) is 18.9 Å². The average molecular weight is 314 g/mol. The molecule has 0 heterocycles. The van der Waals surface area contributed by atoms with E-state index in [9.17, 15) is 4.79 Å². The van der Waals surface area contributed by atoms with Crippen molar-refractivity contribution in [2.75, 3.05) is 5.32 Å². The first-order valence-corrected chi connectivity index (χ1v) is 8.17. The number of nitrogens with one attached hydrogen (secondary N) is 2. The van der Waals surface area contributed by atoms with Crippen LogP contribution in [0, 0.1) is 12.3 Å². The predicted molar refractivity (Wildman–Crippen MR) is 93.4 cm³/mol. The van der Waals surface area contributed by atoms with Crippen LogP contribution in [0.3, 0.4) is 0 Å². The van der Waals surface area contributed by atoms with Gasteiger partial charge in [0.25, 0.3) is 0 Å². The van der Waals surface area contributed by atoms with E-state index in [4.69, 9.17) is 11.2 Å². The van der Waals surface area contributed by atoms with Gasteiger partial charge in [-0.3, -0.25) is 10.6 Å². The molecule has 0 bridgehead atoms. The summed E-state index contributed by atoms with van der Waals surface area (Å²) in [4.78, 5) is 11.8. The monoisotopic (exact) mass is 314 g/mol. The lowest BCUT2D eigenvalue weighted by atomic mass is 10.1. The van der Waals surface area contributed by atoms with Crippen LogP contribution < -0.4 is 10.6 Å². The van der Waals surface area contributed by atoms with Crippen LogP contribution in [0.5, 0.6) is 0 Å². The lowest BCUT2D eigenvalue weighted by Gasteiger charge is -2.20.